The van der Waals surface area contributed by atoms with Crippen LogP contribution in [0.3, 0.4) is 0 Å². The fraction of sp³-hybridized carbons (Fsp3) is 0.545. The van der Waals surface area contributed by atoms with Gasteiger partial charge in [-0.05, 0) is 57.1 Å². The van der Waals surface area contributed by atoms with Gasteiger partial charge in [0.15, 0.2) is 5.76 Å². The number of hydrogen-bond acceptors (Lipinski definition) is 4. The molecular formula is C22H29N3O2. The van der Waals surface area contributed by atoms with Crippen molar-refractivity contribution < 1.29 is 9.32 Å². The molecule has 0 unspecified atom stereocenters. The molecule has 2 fully saturated rings. The van der Waals surface area contributed by atoms with Gasteiger partial charge in [0, 0.05) is 19.2 Å². The predicted molar refractivity (Wildman–Crippen MR) is 104 cm³/mol. The van der Waals surface area contributed by atoms with Crippen LogP contribution in [-0.2, 0) is 11.2 Å². The number of aromatic nitrogens is 1. The van der Waals surface area contributed by atoms with Crippen LogP contribution in [0.2, 0.25) is 0 Å². The highest BCUT2D eigenvalue weighted by atomic mass is 16.5. The van der Waals surface area contributed by atoms with Gasteiger partial charge >= 0.3 is 0 Å². The van der Waals surface area contributed by atoms with E-state index in [1.165, 1.54) is 5.56 Å². The number of carbonyl (C=O) groups is 1. The molecule has 144 valence electrons. The van der Waals surface area contributed by atoms with E-state index >= 15 is 0 Å². The van der Waals surface area contributed by atoms with E-state index < -0.39 is 0 Å². The lowest BCUT2D eigenvalue weighted by atomic mass is 9.90. The summed E-state index contributed by atoms with van der Waals surface area (Å²) in [6, 6.07) is 12.9. The number of carbonyl (C=O) groups excluding carboxylic acids is 1. The van der Waals surface area contributed by atoms with Crippen LogP contribution in [0, 0.1) is 12.8 Å². The molecule has 2 aromatic rings. The average molecular weight is 367 g/mol. The summed E-state index contributed by atoms with van der Waals surface area (Å²) in [4.78, 5) is 17.2. The summed E-state index contributed by atoms with van der Waals surface area (Å²) in [6.07, 6.45) is 5.48. The Hall–Kier alpha value is -2.14. The molecule has 1 atom stereocenters. The van der Waals surface area contributed by atoms with Gasteiger partial charge in [0.25, 0.3) is 0 Å². The first-order chi connectivity index (χ1) is 13.2. The molecule has 2 aliphatic rings. The maximum absolute atomic E-state index is 12.8. The zero-order valence-corrected chi connectivity index (χ0v) is 16.1. The van der Waals surface area contributed by atoms with Crippen LogP contribution in [0.25, 0.3) is 0 Å². The van der Waals surface area contributed by atoms with E-state index in [0.717, 1.165) is 63.2 Å². The Balaban J connectivity index is 1.28. The molecule has 4 rings (SSSR count). The molecule has 5 heteroatoms. The zero-order chi connectivity index (χ0) is 18.6. The molecule has 0 N–H and O–H groups in total. The number of rotatable bonds is 5. The third-order valence-corrected chi connectivity index (χ3v) is 6.01. The van der Waals surface area contributed by atoms with E-state index in [1.54, 1.807) is 0 Å². The molecule has 1 aromatic heterocycles. The van der Waals surface area contributed by atoms with Gasteiger partial charge < -0.3 is 9.42 Å². The molecule has 2 aliphatic heterocycles. The van der Waals surface area contributed by atoms with Crippen molar-refractivity contribution in [3.05, 3.63) is 53.4 Å². The van der Waals surface area contributed by atoms with Gasteiger partial charge in [-0.2, -0.15) is 0 Å². The normalized spacial score (nSPS) is 21.7. The highest BCUT2D eigenvalue weighted by Crippen LogP contribution is 2.32. The van der Waals surface area contributed by atoms with Gasteiger partial charge in [0.2, 0.25) is 5.91 Å². The molecule has 1 aromatic carbocycles. The van der Waals surface area contributed by atoms with Gasteiger partial charge in [-0.25, -0.2) is 0 Å². The number of nitrogens with zero attached hydrogens (tertiary/aromatic N) is 3. The largest absolute Gasteiger partial charge is 0.359 e. The van der Waals surface area contributed by atoms with Crippen LogP contribution in [0.4, 0.5) is 0 Å². The second-order valence-corrected chi connectivity index (χ2v) is 8.01. The van der Waals surface area contributed by atoms with Crippen molar-refractivity contribution in [2.75, 3.05) is 26.2 Å². The molecule has 0 saturated carbocycles. The van der Waals surface area contributed by atoms with E-state index in [-0.39, 0.29) is 11.9 Å². The van der Waals surface area contributed by atoms with E-state index in [4.69, 9.17) is 4.52 Å². The fourth-order valence-corrected chi connectivity index (χ4v) is 4.49. The predicted octanol–water partition coefficient (Wildman–Crippen LogP) is 3.60. The molecule has 2 saturated heterocycles. The van der Waals surface area contributed by atoms with Crippen LogP contribution >= 0.6 is 0 Å². The molecule has 0 radical (unpaired) electrons. The first-order valence-electron chi connectivity index (χ1n) is 10.2. The Morgan fingerprint density at radius 1 is 1.15 bits per heavy atom. The second-order valence-electron chi connectivity index (χ2n) is 8.01. The van der Waals surface area contributed by atoms with E-state index in [0.29, 0.717) is 12.5 Å². The van der Waals surface area contributed by atoms with Crippen molar-refractivity contribution in [1.29, 1.82) is 0 Å². The Bertz CT molecular complexity index is 750. The number of amides is 1. The smallest absolute Gasteiger partial charge is 0.236 e. The van der Waals surface area contributed by atoms with Crippen LogP contribution in [-0.4, -0.2) is 47.0 Å². The van der Waals surface area contributed by atoms with Crippen LogP contribution in [0.1, 0.15) is 48.7 Å². The number of piperidine rings is 1. The van der Waals surface area contributed by atoms with E-state index in [2.05, 4.69) is 45.3 Å². The standard InChI is InChI=1S/C22H29N3O2/c1-17-14-21(27-23-17)20-8-5-11-25(20)16-22(26)24-12-9-19(10-13-24)15-18-6-3-2-4-7-18/h2-4,6-7,14,19-20H,5,8-13,15-16H2,1H3/t20-/m1/s1. The molecular weight excluding hydrogens is 338 g/mol. The first kappa shape index (κ1) is 18.2. The van der Waals surface area contributed by atoms with E-state index in [1.807, 2.05) is 13.0 Å². The first-order valence-corrected chi connectivity index (χ1v) is 10.2. The molecule has 0 bridgehead atoms. The molecule has 1 amide bonds. The minimum Gasteiger partial charge on any atom is -0.359 e. The SMILES string of the molecule is Cc1cc([C@H]2CCCN2CC(=O)N2CCC(Cc3ccccc3)CC2)on1. The fourth-order valence-electron chi connectivity index (χ4n) is 4.49. The third-order valence-electron chi connectivity index (χ3n) is 6.01. The Labute approximate surface area is 161 Å². The molecule has 0 spiro atoms. The highest BCUT2D eigenvalue weighted by molar-refractivity contribution is 5.78. The topological polar surface area (TPSA) is 49.6 Å². The maximum Gasteiger partial charge on any atom is 0.236 e. The van der Waals surface area contributed by atoms with Gasteiger partial charge in [0.1, 0.15) is 0 Å². The summed E-state index contributed by atoms with van der Waals surface area (Å²) in [6.45, 7) is 5.16. The van der Waals surface area contributed by atoms with Crippen molar-refractivity contribution in [3.8, 4) is 0 Å². The Morgan fingerprint density at radius 3 is 2.63 bits per heavy atom. The number of hydrogen-bond donors (Lipinski definition) is 0. The van der Waals surface area contributed by atoms with Crippen molar-refractivity contribution in [3.63, 3.8) is 0 Å². The molecule has 27 heavy (non-hydrogen) atoms. The summed E-state index contributed by atoms with van der Waals surface area (Å²) in [5.74, 6) is 1.85. The Morgan fingerprint density at radius 2 is 1.93 bits per heavy atom. The van der Waals surface area contributed by atoms with Crippen LogP contribution in [0.5, 0.6) is 0 Å². The monoisotopic (exact) mass is 367 g/mol. The summed E-state index contributed by atoms with van der Waals surface area (Å²) in [7, 11) is 0. The van der Waals surface area contributed by atoms with Gasteiger partial charge in [-0.15, -0.1) is 0 Å². The van der Waals surface area contributed by atoms with Gasteiger partial charge in [-0.3, -0.25) is 9.69 Å². The zero-order valence-electron chi connectivity index (χ0n) is 16.1. The van der Waals surface area contributed by atoms with Crippen molar-refractivity contribution >= 4 is 5.91 Å². The van der Waals surface area contributed by atoms with E-state index in [9.17, 15) is 4.79 Å². The minimum atomic E-state index is 0.200. The maximum atomic E-state index is 12.8. The quantitative estimate of drug-likeness (QED) is 0.810. The van der Waals surface area contributed by atoms with Crippen LogP contribution < -0.4 is 0 Å². The Kier molecular flexibility index (Phi) is 5.58. The van der Waals surface area contributed by atoms with Crippen molar-refractivity contribution in [1.82, 2.24) is 15.0 Å². The molecule has 5 nitrogen and oxygen atoms in total. The van der Waals surface area contributed by atoms with Crippen LogP contribution in [0.15, 0.2) is 40.9 Å². The average Bonchev–Trinajstić information content (AvgIpc) is 3.32. The number of aryl methyl sites for hydroxylation is 1. The molecule has 3 heterocycles. The van der Waals surface area contributed by atoms with Gasteiger partial charge in [0.05, 0.1) is 18.3 Å². The number of benzene rings is 1. The van der Waals surface area contributed by atoms with Crippen molar-refractivity contribution in [2.45, 2.75) is 45.1 Å². The highest BCUT2D eigenvalue weighted by Gasteiger charge is 2.32. The second kappa shape index (κ2) is 8.26. The molecule has 0 aliphatic carbocycles. The minimum absolute atomic E-state index is 0.200. The lowest BCUT2D eigenvalue weighted by Gasteiger charge is -2.34. The van der Waals surface area contributed by atoms with Gasteiger partial charge in [-0.1, -0.05) is 35.5 Å². The third kappa shape index (κ3) is 4.41. The summed E-state index contributed by atoms with van der Waals surface area (Å²) in [5, 5.41) is 4.01. The summed E-state index contributed by atoms with van der Waals surface area (Å²) in [5.41, 5.74) is 2.31. The number of likely N-dealkylation sites (tertiary alicyclic amines) is 2. The summed E-state index contributed by atoms with van der Waals surface area (Å²) < 4.78 is 5.46. The lowest BCUT2D eigenvalue weighted by Crippen LogP contribution is -2.44. The summed E-state index contributed by atoms with van der Waals surface area (Å²) >= 11 is 0. The lowest BCUT2D eigenvalue weighted by molar-refractivity contribution is -0.134. The van der Waals surface area contributed by atoms with Crippen molar-refractivity contribution in [2.24, 2.45) is 5.92 Å².